The van der Waals surface area contributed by atoms with Crippen molar-refractivity contribution < 1.29 is 9.53 Å². The Morgan fingerprint density at radius 2 is 2.03 bits per heavy atom. The third kappa shape index (κ3) is 3.07. The van der Waals surface area contributed by atoms with Gasteiger partial charge in [-0.3, -0.25) is 13.8 Å². The molecule has 0 saturated carbocycles. The summed E-state index contributed by atoms with van der Waals surface area (Å²) < 4.78 is 8.61. The zero-order valence-corrected chi connectivity index (χ0v) is 15.7. The molecule has 4 heterocycles. The zero-order chi connectivity index (χ0) is 19.8. The number of nitrogens with zero attached hydrogens (tertiary/aromatic N) is 5. The fraction of sp³-hybridized carbons (Fsp3) is 0.0500. The Labute approximate surface area is 167 Å². The number of rotatable bonds is 4. The van der Waals surface area contributed by atoms with Crippen LogP contribution in [0.25, 0.3) is 21.8 Å². The molecule has 0 N–H and O–H groups in total. The summed E-state index contributed by atoms with van der Waals surface area (Å²) >= 11 is 1.34. The van der Waals surface area contributed by atoms with Crippen LogP contribution in [0.3, 0.4) is 0 Å². The molecule has 0 saturated heterocycles. The number of fused-ring (bicyclic) bond motifs is 2. The minimum absolute atomic E-state index is 0.110. The number of aromatic nitrogens is 5. The summed E-state index contributed by atoms with van der Waals surface area (Å²) in [5, 5.41) is 1.77. The van der Waals surface area contributed by atoms with Crippen LogP contribution in [0, 0.1) is 0 Å². The largest absolute Gasteiger partial charge is 0.455 e. The number of thiazole rings is 1. The van der Waals surface area contributed by atoms with E-state index in [-0.39, 0.29) is 12.2 Å². The lowest BCUT2D eigenvalue weighted by Gasteiger charge is -2.10. The molecule has 4 aromatic heterocycles. The number of benzene rings is 1. The van der Waals surface area contributed by atoms with Gasteiger partial charge in [0.1, 0.15) is 18.5 Å². The van der Waals surface area contributed by atoms with Crippen LogP contribution >= 0.6 is 11.3 Å². The summed E-state index contributed by atoms with van der Waals surface area (Å²) in [6.07, 6.45) is 4.88. The second-order valence-electron chi connectivity index (χ2n) is 6.20. The minimum Gasteiger partial charge on any atom is -0.455 e. The zero-order valence-electron chi connectivity index (χ0n) is 14.9. The highest BCUT2D eigenvalue weighted by molar-refractivity contribution is 7.15. The van der Waals surface area contributed by atoms with Gasteiger partial charge < -0.3 is 4.74 Å². The molecule has 0 aliphatic rings. The number of imidazole rings is 1. The second kappa shape index (κ2) is 6.95. The monoisotopic (exact) mass is 403 g/mol. The average Bonchev–Trinajstić information content (AvgIpc) is 3.39. The molecule has 0 amide bonds. The van der Waals surface area contributed by atoms with Crippen molar-refractivity contribution in [1.29, 1.82) is 0 Å². The minimum atomic E-state index is -0.556. The second-order valence-corrected chi connectivity index (χ2v) is 7.07. The van der Waals surface area contributed by atoms with Crippen LogP contribution in [-0.4, -0.2) is 29.9 Å². The van der Waals surface area contributed by atoms with Crippen LogP contribution < -0.4 is 5.56 Å². The van der Waals surface area contributed by atoms with Crippen LogP contribution in [-0.2, 0) is 11.3 Å². The molecule has 0 fully saturated rings. The lowest BCUT2D eigenvalue weighted by molar-refractivity contribution is 0.0467. The van der Waals surface area contributed by atoms with Crippen LogP contribution in [0.5, 0.6) is 0 Å². The molecular weight excluding hydrogens is 390 g/mol. The molecule has 9 heteroatoms. The Morgan fingerprint density at radius 1 is 1.14 bits per heavy atom. The lowest BCUT2D eigenvalue weighted by atomic mass is 10.2. The van der Waals surface area contributed by atoms with E-state index in [1.165, 1.54) is 21.8 Å². The maximum absolute atomic E-state index is 12.8. The number of carbonyl (C=O) groups excluding carboxylic acids is 1. The predicted octanol–water partition coefficient (Wildman–Crippen LogP) is 2.85. The maximum atomic E-state index is 12.8. The van der Waals surface area contributed by atoms with Gasteiger partial charge in [-0.25, -0.2) is 19.7 Å². The van der Waals surface area contributed by atoms with Gasteiger partial charge in [-0.2, -0.15) is 0 Å². The number of hydrogen-bond donors (Lipinski definition) is 0. The Kier molecular flexibility index (Phi) is 4.14. The van der Waals surface area contributed by atoms with Gasteiger partial charge in [0, 0.05) is 23.8 Å². The molecule has 0 atom stereocenters. The number of hydrogen-bond acceptors (Lipinski definition) is 7. The van der Waals surface area contributed by atoms with Crippen molar-refractivity contribution in [2.24, 2.45) is 0 Å². The molecule has 0 bridgehead atoms. The number of esters is 1. The van der Waals surface area contributed by atoms with E-state index in [1.54, 1.807) is 40.8 Å². The summed E-state index contributed by atoms with van der Waals surface area (Å²) in [5.41, 5.74) is 2.10. The number of para-hydroxylation sites is 2. The van der Waals surface area contributed by atoms with Gasteiger partial charge >= 0.3 is 5.97 Å². The van der Waals surface area contributed by atoms with E-state index in [4.69, 9.17) is 4.74 Å². The van der Waals surface area contributed by atoms with Gasteiger partial charge in [0.15, 0.2) is 10.8 Å². The fourth-order valence-corrected chi connectivity index (χ4v) is 3.79. The van der Waals surface area contributed by atoms with Crippen molar-refractivity contribution in [3.8, 4) is 5.82 Å². The molecule has 5 aromatic rings. The van der Waals surface area contributed by atoms with Crippen LogP contribution in [0.15, 0.2) is 71.4 Å². The maximum Gasteiger partial charge on any atom is 0.342 e. The van der Waals surface area contributed by atoms with E-state index >= 15 is 0 Å². The summed E-state index contributed by atoms with van der Waals surface area (Å²) in [6.45, 7) is -0.110. The number of pyridine rings is 1. The molecule has 1 aromatic carbocycles. The first-order valence-corrected chi connectivity index (χ1v) is 9.59. The van der Waals surface area contributed by atoms with Gasteiger partial charge in [-0.05, 0) is 24.3 Å². The Balaban J connectivity index is 1.45. The molecule has 0 aliphatic heterocycles. The van der Waals surface area contributed by atoms with Gasteiger partial charge in [-0.15, -0.1) is 11.3 Å². The third-order valence-electron chi connectivity index (χ3n) is 4.40. The first-order chi connectivity index (χ1) is 14.2. The standard InChI is InChI=1S/C20H13N5O3S/c26-17-10-13(23-20-24(17)8-9-29-20)11-28-19(27)14-4-3-7-21-18(14)25-12-22-15-5-1-2-6-16(15)25/h1-10,12H,11H2. The molecular formula is C20H13N5O3S. The van der Waals surface area contributed by atoms with Crippen molar-refractivity contribution in [3.05, 3.63) is 88.2 Å². The van der Waals surface area contributed by atoms with Crippen LogP contribution in [0.1, 0.15) is 16.1 Å². The first-order valence-electron chi connectivity index (χ1n) is 8.71. The van der Waals surface area contributed by atoms with Gasteiger partial charge in [0.2, 0.25) is 0 Å². The first kappa shape index (κ1) is 17.3. The molecule has 29 heavy (non-hydrogen) atoms. The number of ether oxygens (including phenoxy) is 1. The molecule has 142 valence electrons. The Bertz CT molecular complexity index is 1420. The van der Waals surface area contributed by atoms with Gasteiger partial charge in [-0.1, -0.05) is 12.1 Å². The highest BCUT2D eigenvalue weighted by Gasteiger charge is 2.17. The van der Waals surface area contributed by atoms with Crippen LogP contribution in [0.2, 0.25) is 0 Å². The SMILES string of the molecule is O=C(OCc1cc(=O)n2ccsc2n1)c1cccnc1-n1cnc2ccccc21. The predicted molar refractivity (Wildman–Crippen MR) is 107 cm³/mol. The third-order valence-corrected chi connectivity index (χ3v) is 5.15. The molecule has 8 nitrogen and oxygen atoms in total. The van der Waals surface area contributed by atoms with E-state index in [9.17, 15) is 9.59 Å². The van der Waals surface area contributed by atoms with Crippen molar-refractivity contribution >= 4 is 33.3 Å². The quantitative estimate of drug-likeness (QED) is 0.429. The lowest BCUT2D eigenvalue weighted by Crippen LogP contribution is -2.15. The van der Waals surface area contributed by atoms with Crippen molar-refractivity contribution in [2.75, 3.05) is 0 Å². The van der Waals surface area contributed by atoms with E-state index in [0.717, 1.165) is 11.0 Å². The molecule has 0 spiro atoms. The van der Waals surface area contributed by atoms with E-state index < -0.39 is 5.97 Å². The topological polar surface area (TPSA) is 91.4 Å². The van der Waals surface area contributed by atoms with Crippen molar-refractivity contribution in [3.63, 3.8) is 0 Å². The van der Waals surface area contributed by atoms with Gasteiger partial charge in [0.25, 0.3) is 5.56 Å². The van der Waals surface area contributed by atoms with Gasteiger partial charge in [0.05, 0.1) is 16.7 Å². The summed E-state index contributed by atoms with van der Waals surface area (Å²) in [7, 11) is 0. The highest BCUT2D eigenvalue weighted by atomic mass is 32.1. The molecule has 0 unspecified atom stereocenters. The molecule has 0 radical (unpaired) electrons. The van der Waals surface area contributed by atoms with E-state index in [0.29, 0.717) is 22.0 Å². The Morgan fingerprint density at radius 3 is 2.97 bits per heavy atom. The molecule has 0 aliphatic carbocycles. The number of carbonyl (C=O) groups is 1. The summed E-state index contributed by atoms with van der Waals surface area (Å²) in [6, 6.07) is 12.3. The average molecular weight is 403 g/mol. The van der Waals surface area contributed by atoms with Crippen molar-refractivity contribution in [2.45, 2.75) is 6.61 Å². The highest BCUT2D eigenvalue weighted by Crippen LogP contribution is 2.20. The van der Waals surface area contributed by atoms with Crippen LogP contribution in [0.4, 0.5) is 0 Å². The van der Waals surface area contributed by atoms with Crippen molar-refractivity contribution in [1.82, 2.24) is 23.9 Å². The molecule has 5 rings (SSSR count). The van der Waals surface area contributed by atoms with E-state index in [1.807, 2.05) is 24.3 Å². The Hall–Kier alpha value is -3.85. The summed E-state index contributed by atoms with van der Waals surface area (Å²) in [4.78, 5) is 38.4. The smallest absolute Gasteiger partial charge is 0.342 e. The summed E-state index contributed by atoms with van der Waals surface area (Å²) in [5.74, 6) is -0.132. The van der Waals surface area contributed by atoms with E-state index in [2.05, 4.69) is 15.0 Å². The fourth-order valence-electron chi connectivity index (χ4n) is 3.06. The normalized spacial score (nSPS) is 11.2.